The molecule has 19 heavy (non-hydrogen) atoms. The number of carbonyl (C=O) groups is 1. The lowest BCUT2D eigenvalue weighted by Gasteiger charge is -2.38. The summed E-state index contributed by atoms with van der Waals surface area (Å²) < 4.78 is 16.1. The zero-order valence-electron chi connectivity index (χ0n) is 11.0. The number of amides is 1. The van der Waals surface area contributed by atoms with Gasteiger partial charge in [0.25, 0.3) is 5.91 Å². The van der Waals surface area contributed by atoms with Gasteiger partial charge in [0.1, 0.15) is 6.26 Å². The third-order valence-corrected chi connectivity index (χ3v) is 4.06. The van der Waals surface area contributed by atoms with Gasteiger partial charge in [0, 0.05) is 32.0 Å². The van der Waals surface area contributed by atoms with Gasteiger partial charge in [0.2, 0.25) is 0 Å². The molecule has 2 fully saturated rings. The van der Waals surface area contributed by atoms with Crippen molar-refractivity contribution in [2.45, 2.75) is 37.5 Å². The fourth-order valence-corrected chi connectivity index (χ4v) is 2.88. The van der Waals surface area contributed by atoms with E-state index in [9.17, 15) is 4.79 Å². The van der Waals surface area contributed by atoms with Crippen LogP contribution in [-0.2, 0) is 9.47 Å². The second-order valence-corrected chi connectivity index (χ2v) is 5.14. The summed E-state index contributed by atoms with van der Waals surface area (Å²) in [6, 6.07) is 1.80. The van der Waals surface area contributed by atoms with E-state index in [0.717, 1.165) is 25.7 Å². The average molecular weight is 266 g/mol. The molecule has 1 aromatic rings. The Morgan fingerprint density at radius 1 is 1.37 bits per heavy atom. The Hall–Kier alpha value is -1.40. The SMILES string of the molecule is CN(C(=O)c1ccon1)C1CCC2(CC1)OCCO2. The lowest BCUT2D eigenvalue weighted by molar-refractivity contribution is -0.182. The van der Waals surface area contributed by atoms with Gasteiger partial charge in [-0.25, -0.2) is 0 Å². The monoisotopic (exact) mass is 266 g/mol. The average Bonchev–Trinajstić information content (AvgIpc) is 3.10. The van der Waals surface area contributed by atoms with Gasteiger partial charge in [-0.2, -0.15) is 0 Å². The fraction of sp³-hybridized carbons (Fsp3) is 0.692. The van der Waals surface area contributed by atoms with E-state index in [1.165, 1.54) is 6.26 Å². The highest BCUT2D eigenvalue weighted by atomic mass is 16.7. The highest BCUT2D eigenvalue weighted by molar-refractivity contribution is 5.92. The van der Waals surface area contributed by atoms with Crippen LogP contribution >= 0.6 is 0 Å². The van der Waals surface area contributed by atoms with Crippen molar-refractivity contribution >= 4 is 5.91 Å². The van der Waals surface area contributed by atoms with Gasteiger partial charge >= 0.3 is 0 Å². The van der Waals surface area contributed by atoms with Crippen molar-refractivity contribution in [3.05, 3.63) is 18.0 Å². The van der Waals surface area contributed by atoms with E-state index in [1.54, 1.807) is 11.0 Å². The van der Waals surface area contributed by atoms with E-state index in [2.05, 4.69) is 5.16 Å². The Morgan fingerprint density at radius 2 is 2.05 bits per heavy atom. The second-order valence-electron chi connectivity index (χ2n) is 5.14. The van der Waals surface area contributed by atoms with Gasteiger partial charge in [-0.3, -0.25) is 4.79 Å². The van der Waals surface area contributed by atoms with E-state index >= 15 is 0 Å². The van der Waals surface area contributed by atoms with Crippen LogP contribution in [0.2, 0.25) is 0 Å². The van der Waals surface area contributed by atoms with E-state index in [4.69, 9.17) is 14.0 Å². The van der Waals surface area contributed by atoms with Crippen LogP contribution < -0.4 is 0 Å². The molecule has 0 atom stereocenters. The molecule has 0 N–H and O–H groups in total. The van der Waals surface area contributed by atoms with Gasteiger partial charge in [-0.05, 0) is 12.8 Å². The van der Waals surface area contributed by atoms with Crippen molar-refractivity contribution < 1.29 is 18.8 Å². The lowest BCUT2D eigenvalue weighted by Crippen LogP contribution is -2.45. The van der Waals surface area contributed by atoms with Crippen LogP contribution in [0.5, 0.6) is 0 Å². The molecule has 3 rings (SSSR count). The largest absolute Gasteiger partial charge is 0.364 e. The highest BCUT2D eigenvalue weighted by Crippen LogP contribution is 2.37. The standard InChI is InChI=1S/C13H18N2O4/c1-15(12(16)11-4-7-19-14-11)10-2-5-13(6-3-10)17-8-9-18-13/h4,7,10H,2-3,5-6,8-9H2,1H3. The zero-order valence-corrected chi connectivity index (χ0v) is 11.0. The molecule has 6 nitrogen and oxygen atoms in total. The summed E-state index contributed by atoms with van der Waals surface area (Å²) >= 11 is 0. The molecule has 1 aromatic heterocycles. The quantitative estimate of drug-likeness (QED) is 0.810. The Kier molecular flexibility index (Phi) is 3.28. The first-order chi connectivity index (χ1) is 9.20. The molecule has 0 radical (unpaired) electrons. The molecular formula is C13H18N2O4. The maximum Gasteiger partial charge on any atom is 0.276 e. The Bertz CT molecular complexity index is 430. The summed E-state index contributed by atoms with van der Waals surface area (Å²) in [5.74, 6) is -0.475. The smallest absolute Gasteiger partial charge is 0.276 e. The minimum absolute atomic E-state index is 0.0945. The summed E-state index contributed by atoms with van der Waals surface area (Å²) in [6.07, 6.45) is 4.87. The Balaban J connectivity index is 1.60. The number of hydrogen-bond donors (Lipinski definition) is 0. The molecule has 0 bridgehead atoms. The highest BCUT2D eigenvalue weighted by Gasteiger charge is 2.41. The van der Waals surface area contributed by atoms with Crippen molar-refractivity contribution in [2.75, 3.05) is 20.3 Å². The van der Waals surface area contributed by atoms with Gasteiger partial charge in [0.15, 0.2) is 11.5 Å². The van der Waals surface area contributed by atoms with Crippen molar-refractivity contribution in [1.82, 2.24) is 10.1 Å². The number of carbonyl (C=O) groups excluding carboxylic acids is 1. The van der Waals surface area contributed by atoms with Crippen molar-refractivity contribution in [3.63, 3.8) is 0 Å². The summed E-state index contributed by atoms with van der Waals surface area (Å²) in [6.45, 7) is 1.36. The van der Waals surface area contributed by atoms with Crippen LogP contribution in [0.4, 0.5) is 0 Å². The summed E-state index contributed by atoms with van der Waals surface area (Å²) in [4.78, 5) is 13.9. The molecule has 0 unspecified atom stereocenters. The van der Waals surface area contributed by atoms with Crippen LogP contribution in [0.25, 0.3) is 0 Å². The first-order valence-electron chi connectivity index (χ1n) is 6.66. The number of ether oxygens (including phenoxy) is 2. The minimum Gasteiger partial charge on any atom is -0.364 e. The lowest BCUT2D eigenvalue weighted by atomic mass is 9.89. The molecule has 1 aliphatic carbocycles. The first-order valence-corrected chi connectivity index (χ1v) is 6.66. The zero-order chi connectivity index (χ0) is 13.3. The van der Waals surface area contributed by atoms with E-state index < -0.39 is 0 Å². The van der Waals surface area contributed by atoms with Crippen LogP contribution in [0.3, 0.4) is 0 Å². The van der Waals surface area contributed by atoms with Gasteiger partial charge in [-0.1, -0.05) is 5.16 Å². The van der Waals surface area contributed by atoms with E-state index in [-0.39, 0.29) is 17.7 Å². The number of hydrogen-bond acceptors (Lipinski definition) is 5. The molecule has 1 saturated heterocycles. The molecule has 104 valence electrons. The van der Waals surface area contributed by atoms with Crippen LogP contribution in [-0.4, -0.2) is 48.1 Å². The molecule has 1 amide bonds. The normalized spacial score (nSPS) is 22.8. The summed E-state index contributed by atoms with van der Waals surface area (Å²) in [5, 5.41) is 3.69. The van der Waals surface area contributed by atoms with Crippen molar-refractivity contribution in [3.8, 4) is 0 Å². The third-order valence-electron chi connectivity index (χ3n) is 4.06. The van der Waals surface area contributed by atoms with Crippen LogP contribution in [0, 0.1) is 0 Å². The van der Waals surface area contributed by atoms with Gasteiger partial charge in [0.05, 0.1) is 13.2 Å². The van der Waals surface area contributed by atoms with E-state index in [0.29, 0.717) is 18.9 Å². The Labute approximate surface area is 111 Å². The Morgan fingerprint density at radius 3 is 2.63 bits per heavy atom. The molecule has 2 heterocycles. The second kappa shape index (κ2) is 4.94. The van der Waals surface area contributed by atoms with E-state index in [1.807, 2.05) is 7.05 Å². The van der Waals surface area contributed by atoms with Gasteiger partial charge in [-0.15, -0.1) is 0 Å². The molecule has 1 saturated carbocycles. The molecule has 1 spiro atoms. The van der Waals surface area contributed by atoms with Crippen molar-refractivity contribution in [1.29, 1.82) is 0 Å². The minimum atomic E-state index is -0.381. The van der Waals surface area contributed by atoms with Crippen molar-refractivity contribution in [2.24, 2.45) is 0 Å². The molecule has 1 aliphatic heterocycles. The maximum atomic E-state index is 12.2. The van der Waals surface area contributed by atoms with Crippen LogP contribution in [0.15, 0.2) is 16.9 Å². The number of nitrogens with zero attached hydrogens (tertiary/aromatic N) is 2. The number of rotatable bonds is 2. The van der Waals surface area contributed by atoms with Crippen LogP contribution in [0.1, 0.15) is 36.2 Å². The summed E-state index contributed by atoms with van der Waals surface area (Å²) in [5.41, 5.74) is 0.358. The summed E-state index contributed by atoms with van der Waals surface area (Å²) in [7, 11) is 1.82. The molecular weight excluding hydrogens is 248 g/mol. The third kappa shape index (κ3) is 2.37. The maximum absolute atomic E-state index is 12.2. The fourth-order valence-electron chi connectivity index (χ4n) is 2.88. The van der Waals surface area contributed by atoms with Gasteiger partial charge < -0.3 is 18.9 Å². The molecule has 6 heteroatoms. The number of aromatic nitrogens is 1. The predicted molar refractivity (Wildman–Crippen MR) is 65.5 cm³/mol. The first kappa shape index (κ1) is 12.6. The molecule has 2 aliphatic rings. The molecule has 0 aromatic carbocycles. The topological polar surface area (TPSA) is 64.8 Å². The predicted octanol–water partition coefficient (Wildman–Crippen LogP) is 1.43.